The number of rotatable bonds is 4. The molecule has 0 spiro atoms. The Bertz CT molecular complexity index is 522. The highest BCUT2D eigenvalue weighted by atomic mass is 79.9. The minimum absolute atomic E-state index is 0.315. The van der Waals surface area contributed by atoms with Crippen LogP contribution in [0.3, 0.4) is 0 Å². The largest absolute Gasteiger partial charge is 0.496 e. The van der Waals surface area contributed by atoms with Crippen LogP contribution in [0.15, 0.2) is 48.5 Å². The molecule has 0 aliphatic carbocycles. The van der Waals surface area contributed by atoms with Crippen molar-refractivity contribution in [1.29, 1.82) is 0 Å². The first kappa shape index (κ1) is 13.2. The highest BCUT2D eigenvalue weighted by molar-refractivity contribution is 9.09. The summed E-state index contributed by atoms with van der Waals surface area (Å²) in [7, 11) is 1.72. The molecular formula is C16H17BrO. The quantitative estimate of drug-likeness (QED) is 0.745. The lowest BCUT2D eigenvalue weighted by atomic mass is 10.00. The number of methoxy groups -OCH3 is 1. The molecule has 1 atom stereocenters. The lowest BCUT2D eigenvalue weighted by Crippen LogP contribution is -1.99. The molecule has 1 nitrogen and oxygen atoms in total. The van der Waals surface area contributed by atoms with Crippen LogP contribution in [0.4, 0.5) is 0 Å². The Morgan fingerprint density at radius 3 is 2.44 bits per heavy atom. The molecule has 0 heterocycles. The first-order valence-corrected chi connectivity index (χ1v) is 6.95. The maximum Gasteiger partial charge on any atom is 0.122 e. The molecule has 0 saturated carbocycles. The van der Waals surface area contributed by atoms with Crippen molar-refractivity contribution in [2.24, 2.45) is 0 Å². The van der Waals surface area contributed by atoms with E-state index < -0.39 is 0 Å². The van der Waals surface area contributed by atoms with E-state index in [1.54, 1.807) is 7.11 Å². The summed E-state index contributed by atoms with van der Waals surface area (Å²) in [6.45, 7) is 2.14. The van der Waals surface area contributed by atoms with Crippen molar-refractivity contribution < 1.29 is 4.74 Å². The summed E-state index contributed by atoms with van der Waals surface area (Å²) in [5, 5.41) is 0. The van der Waals surface area contributed by atoms with Crippen LogP contribution >= 0.6 is 15.9 Å². The monoisotopic (exact) mass is 304 g/mol. The zero-order chi connectivity index (χ0) is 13.0. The highest BCUT2D eigenvalue weighted by Crippen LogP contribution is 2.32. The molecule has 0 radical (unpaired) electrons. The fourth-order valence-corrected chi connectivity index (χ4v) is 2.98. The average Bonchev–Trinajstić information content (AvgIpc) is 2.39. The molecule has 0 aliphatic heterocycles. The van der Waals surface area contributed by atoms with E-state index in [2.05, 4.69) is 59.3 Å². The van der Waals surface area contributed by atoms with Crippen molar-refractivity contribution in [2.75, 3.05) is 7.11 Å². The Morgan fingerprint density at radius 1 is 1.06 bits per heavy atom. The lowest BCUT2D eigenvalue weighted by Gasteiger charge is -2.15. The SMILES string of the molecule is COc1ccccc1CC(Br)c1ccccc1C. The normalized spacial score (nSPS) is 12.2. The van der Waals surface area contributed by atoms with Crippen LogP contribution in [0.5, 0.6) is 5.75 Å². The van der Waals surface area contributed by atoms with Gasteiger partial charge in [0.25, 0.3) is 0 Å². The van der Waals surface area contributed by atoms with Gasteiger partial charge in [0.1, 0.15) is 5.75 Å². The number of para-hydroxylation sites is 1. The van der Waals surface area contributed by atoms with Gasteiger partial charge < -0.3 is 4.74 Å². The van der Waals surface area contributed by atoms with Gasteiger partial charge in [-0.15, -0.1) is 0 Å². The van der Waals surface area contributed by atoms with Crippen LogP contribution in [0, 0.1) is 6.92 Å². The molecule has 0 saturated heterocycles. The number of hydrogen-bond acceptors (Lipinski definition) is 1. The summed E-state index contributed by atoms with van der Waals surface area (Å²) in [6.07, 6.45) is 0.925. The summed E-state index contributed by atoms with van der Waals surface area (Å²) in [5.41, 5.74) is 3.88. The highest BCUT2D eigenvalue weighted by Gasteiger charge is 2.12. The minimum Gasteiger partial charge on any atom is -0.496 e. The number of alkyl halides is 1. The first-order valence-electron chi connectivity index (χ1n) is 6.04. The van der Waals surface area contributed by atoms with Crippen molar-refractivity contribution in [2.45, 2.75) is 18.2 Å². The van der Waals surface area contributed by atoms with Crippen molar-refractivity contribution in [3.05, 3.63) is 65.2 Å². The van der Waals surface area contributed by atoms with Gasteiger partial charge in [-0.1, -0.05) is 58.4 Å². The van der Waals surface area contributed by atoms with Gasteiger partial charge >= 0.3 is 0 Å². The third-order valence-corrected chi connectivity index (χ3v) is 3.93. The third kappa shape index (κ3) is 2.94. The summed E-state index contributed by atoms with van der Waals surface area (Å²) in [6, 6.07) is 16.6. The van der Waals surface area contributed by atoms with Crippen LogP contribution < -0.4 is 4.74 Å². The molecular weight excluding hydrogens is 288 g/mol. The maximum absolute atomic E-state index is 5.39. The standard InChI is InChI=1S/C16H17BrO/c1-12-7-3-5-9-14(12)15(17)11-13-8-4-6-10-16(13)18-2/h3-10,15H,11H2,1-2H3. The van der Waals surface area contributed by atoms with Gasteiger partial charge in [-0.25, -0.2) is 0 Å². The maximum atomic E-state index is 5.39. The van der Waals surface area contributed by atoms with E-state index in [4.69, 9.17) is 4.74 Å². The molecule has 0 aliphatic rings. The predicted molar refractivity (Wildman–Crippen MR) is 79.5 cm³/mol. The van der Waals surface area contributed by atoms with Crippen LogP contribution in [0.2, 0.25) is 0 Å². The molecule has 1 unspecified atom stereocenters. The molecule has 0 bridgehead atoms. The molecule has 2 rings (SSSR count). The molecule has 2 aromatic carbocycles. The van der Waals surface area contributed by atoms with Gasteiger partial charge in [0.2, 0.25) is 0 Å². The first-order chi connectivity index (χ1) is 8.72. The number of ether oxygens (including phenoxy) is 1. The molecule has 18 heavy (non-hydrogen) atoms. The average molecular weight is 305 g/mol. The molecule has 2 heteroatoms. The predicted octanol–water partition coefficient (Wildman–Crippen LogP) is 4.68. The van der Waals surface area contributed by atoms with Gasteiger partial charge in [0.15, 0.2) is 0 Å². The third-order valence-electron chi connectivity index (χ3n) is 3.12. The lowest BCUT2D eigenvalue weighted by molar-refractivity contribution is 0.409. The molecule has 94 valence electrons. The molecule has 0 fully saturated rings. The molecule has 0 N–H and O–H groups in total. The van der Waals surface area contributed by atoms with Crippen LogP contribution in [0.25, 0.3) is 0 Å². The van der Waals surface area contributed by atoms with Crippen LogP contribution in [-0.2, 0) is 6.42 Å². The van der Waals surface area contributed by atoms with Crippen molar-refractivity contribution in [3.63, 3.8) is 0 Å². The van der Waals surface area contributed by atoms with Gasteiger partial charge in [-0.2, -0.15) is 0 Å². The zero-order valence-corrected chi connectivity index (χ0v) is 12.3. The van der Waals surface area contributed by atoms with Crippen LogP contribution in [0.1, 0.15) is 21.5 Å². The van der Waals surface area contributed by atoms with Gasteiger partial charge in [0.05, 0.1) is 7.11 Å². The zero-order valence-electron chi connectivity index (χ0n) is 10.7. The summed E-state index contributed by atoms with van der Waals surface area (Å²) < 4.78 is 5.39. The van der Waals surface area contributed by atoms with E-state index in [1.807, 2.05) is 12.1 Å². The van der Waals surface area contributed by atoms with Gasteiger partial charge in [-0.3, -0.25) is 0 Å². The Balaban J connectivity index is 2.21. The van der Waals surface area contributed by atoms with E-state index >= 15 is 0 Å². The van der Waals surface area contributed by atoms with Crippen molar-refractivity contribution in [3.8, 4) is 5.75 Å². The Kier molecular flexibility index (Phi) is 4.43. The summed E-state index contributed by atoms with van der Waals surface area (Å²) >= 11 is 3.78. The Hall–Kier alpha value is -1.28. The van der Waals surface area contributed by atoms with E-state index in [9.17, 15) is 0 Å². The van der Waals surface area contributed by atoms with Gasteiger partial charge in [-0.05, 0) is 36.1 Å². The number of aryl methyl sites for hydroxylation is 1. The molecule has 2 aromatic rings. The van der Waals surface area contributed by atoms with Gasteiger partial charge in [0, 0.05) is 4.83 Å². The van der Waals surface area contributed by atoms with E-state index in [0.29, 0.717) is 4.83 Å². The van der Waals surface area contributed by atoms with E-state index in [-0.39, 0.29) is 0 Å². The topological polar surface area (TPSA) is 9.23 Å². The number of hydrogen-bond donors (Lipinski definition) is 0. The Labute approximate surface area is 117 Å². The number of halogens is 1. The number of benzene rings is 2. The fourth-order valence-electron chi connectivity index (χ4n) is 2.11. The second-order valence-electron chi connectivity index (χ2n) is 4.34. The van der Waals surface area contributed by atoms with Crippen LogP contribution in [-0.4, -0.2) is 7.11 Å². The molecule has 0 amide bonds. The van der Waals surface area contributed by atoms with Crippen molar-refractivity contribution in [1.82, 2.24) is 0 Å². The second kappa shape index (κ2) is 6.05. The summed E-state index contributed by atoms with van der Waals surface area (Å²) in [4.78, 5) is 0.315. The fraction of sp³-hybridized carbons (Fsp3) is 0.250. The smallest absolute Gasteiger partial charge is 0.122 e. The summed E-state index contributed by atoms with van der Waals surface area (Å²) in [5.74, 6) is 0.954. The second-order valence-corrected chi connectivity index (χ2v) is 5.45. The van der Waals surface area contributed by atoms with Crippen molar-refractivity contribution >= 4 is 15.9 Å². The molecule has 0 aromatic heterocycles. The van der Waals surface area contributed by atoms with E-state index in [0.717, 1.165) is 12.2 Å². The van der Waals surface area contributed by atoms with E-state index in [1.165, 1.54) is 16.7 Å². The Morgan fingerprint density at radius 2 is 1.72 bits per heavy atom. The minimum atomic E-state index is 0.315.